The number of anilines is 1. The number of rotatable bonds is 6. The molecule has 0 saturated heterocycles. The molecule has 36 heavy (non-hydrogen) atoms. The van der Waals surface area contributed by atoms with Crippen molar-refractivity contribution in [3.63, 3.8) is 0 Å². The third-order valence-corrected chi connectivity index (χ3v) is 6.28. The third kappa shape index (κ3) is 4.04. The van der Waals surface area contributed by atoms with Gasteiger partial charge in [-0.3, -0.25) is 24.1 Å². The molecule has 0 fully saturated rings. The molecular formula is C24H15N7O4S. The minimum atomic E-state index is -0.613. The van der Waals surface area contributed by atoms with Crippen LogP contribution in [0.3, 0.4) is 0 Å². The zero-order valence-corrected chi connectivity index (χ0v) is 19.2. The van der Waals surface area contributed by atoms with Crippen molar-refractivity contribution in [1.29, 1.82) is 5.26 Å². The van der Waals surface area contributed by atoms with Gasteiger partial charge in [-0.15, -0.1) is 10.2 Å². The van der Waals surface area contributed by atoms with Crippen LogP contribution in [0.5, 0.6) is 0 Å². The molecule has 0 aliphatic carbocycles. The number of hydrogen-bond donors (Lipinski definition) is 1. The first-order chi connectivity index (χ1) is 17.5. The Hall–Kier alpha value is -5.02. The van der Waals surface area contributed by atoms with E-state index in [4.69, 9.17) is 0 Å². The molecule has 0 atom stereocenters. The molecule has 0 aliphatic rings. The average molecular weight is 497 g/mol. The van der Waals surface area contributed by atoms with Crippen LogP contribution in [0, 0.1) is 21.4 Å². The largest absolute Gasteiger partial charge is 0.324 e. The second-order valence-electron chi connectivity index (χ2n) is 7.55. The summed E-state index contributed by atoms with van der Waals surface area (Å²) in [5, 5.41) is 32.2. The number of fused-ring (bicyclic) bond motifs is 3. The summed E-state index contributed by atoms with van der Waals surface area (Å²) in [6.07, 6.45) is 0. The minimum Gasteiger partial charge on any atom is -0.324 e. The van der Waals surface area contributed by atoms with E-state index < -0.39 is 10.8 Å². The lowest BCUT2D eigenvalue weighted by molar-refractivity contribution is -0.384. The molecule has 0 unspecified atom stereocenters. The van der Waals surface area contributed by atoms with Crippen molar-refractivity contribution in [3.05, 3.63) is 98.8 Å². The summed E-state index contributed by atoms with van der Waals surface area (Å²) in [7, 11) is 0. The van der Waals surface area contributed by atoms with E-state index in [1.165, 1.54) is 16.7 Å². The van der Waals surface area contributed by atoms with E-state index in [1.54, 1.807) is 40.8 Å². The van der Waals surface area contributed by atoms with Gasteiger partial charge >= 0.3 is 0 Å². The van der Waals surface area contributed by atoms with Gasteiger partial charge in [0.25, 0.3) is 11.2 Å². The molecule has 5 aromatic rings. The van der Waals surface area contributed by atoms with Gasteiger partial charge in [-0.05, 0) is 30.3 Å². The molecule has 0 spiro atoms. The Balaban J connectivity index is 1.49. The normalized spacial score (nSPS) is 10.9. The summed E-state index contributed by atoms with van der Waals surface area (Å²) in [6, 6.07) is 21.6. The smallest absolute Gasteiger partial charge is 0.270 e. The highest BCUT2D eigenvalue weighted by atomic mass is 32.2. The topological polar surface area (TPSA) is 148 Å². The standard InChI is InChI=1S/C24H15N7O4S/c25-13-15-12-17(31(34)35)10-11-19(15)26-21(32)14-36-24-28-27-23-29(16-6-2-1-3-7-16)22(33)18-8-4-5-9-20(18)30(23)24/h1-12H,14H2,(H,26,32). The maximum atomic E-state index is 13.3. The number of thioether (sulfide) groups is 1. The van der Waals surface area contributed by atoms with E-state index in [1.807, 2.05) is 24.3 Å². The number of nitrogens with one attached hydrogen (secondary N) is 1. The predicted octanol–water partition coefficient (Wildman–Crippen LogP) is 3.54. The zero-order valence-electron chi connectivity index (χ0n) is 18.4. The number of para-hydroxylation sites is 2. The molecule has 3 aromatic carbocycles. The lowest BCUT2D eigenvalue weighted by Gasteiger charge is -2.11. The van der Waals surface area contributed by atoms with E-state index in [9.17, 15) is 25.0 Å². The van der Waals surface area contributed by atoms with E-state index in [0.717, 1.165) is 17.8 Å². The highest BCUT2D eigenvalue weighted by molar-refractivity contribution is 7.99. The van der Waals surface area contributed by atoms with Crippen LogP contribution in [0.25, 0.3) is 22.4 Å². The van der Waals surface area contributed by atoms with Crippen molar-refractivity contribution >= 4 is 45.7 Å². The van der Waals surface area contributed by atoms with Gasteiger partial charge < -0.3 is 5.32 Å². The summed E-state index contributed by atoms with van der Waals surface area (Å²) in [5.41, 5.74) is 0.886. The second-order valence-corrected chi connectivity index (χ2v) is 8.49. The zero-order chi connectivity index (χ0) is 25.2. The molecule has 0 radical (unpaired) electrons. The molecule has 0 aliphatic heterocycles. The summed E-state index contributed by atoms with van der Waals surface area (Å²) in [4.78, 5) is 36.3. The van der Waals surface area contributed by atoms with E-state index in [-0.39, 0.29) is 28.3 Å². The van der Waals surface area contributed by atoms with Crippen LogP contribution in [0.4, 0.5) is 11.4 Å². The van der Waals surface area contributed by atoms with E-state index in [0.29, 0.717) is 27.5 Å². The molecule has 2 heterocycles. The Morgan fingerprint density at radius 1 is 1.08 bits per heavy atom. The number of hydrogen-bond acceptors (Lipinski definition) is 8. The highest BCUT2D eigenvalue weighted by Gasteiger charge is 2.19. The van der Waals surface area contributed by atoms with Crippen LogP contribution in [0.15, 0.2) is 82.7 Å². The Morgan fingerprint density at radius 2 is 1.83 bits per heavy atom. The van der Waals surface area contributed by atoms with Crippen molar-refractivity contribution < 1.29 is 9.72 Å². The number of non-ortho nitro benzene ring substituents is 1. The Kier molecular flexibility index (Phi) is 5.89. The summed E-state index contributed by atoms with van der Waals surface area (Å²) in [5.74, 6) is -0.223. The molecule has 12 heteroatoms. The van der Waals surface area contributed by atoms with Crippen LogP contribution in [-0.4, -0.2) is 35.7 Å². The van der Waals surface area contributed by atoms with Gasteiger partial charge in [0.15, 0.2) is 5.16 Å². The second kappa shape index (κ2) is 9.32. The molecule has 11 nitrogen and oxygen atoms in total. The van der Waals surface area contributed by atoms with Crippen molar-refractivity contribution in [2.45, 2.75) is 5.16 Å². The number of aromatic nitrogens is 4. The van der Waals surface area contributed by atoms with Gasteiger partial charge in [0.1, 0.15) is 6.07 Å². The number of nitro groups is 1. The number of carbonyl (C=O) groups excluding carboxylic acids is 1. The minimum absolute atomic E-state index is 0.0200. The van der Waals surface area contributed by atoms with Gasteiger partial charge in [0.05, 0.1) is 38.5 Å². The number of benzene rings is 3. The SMILES string of the molecule is N#Cc1cc([N+](=O)[O-])ccc1NC(=O)CSc1nnc2n(-c3ccccc3)c(=O)c3ccccc3n12. The van der Waals surface area contributed by atoms with Gasteiger partial charge in [-0.1, -0.05) is 42.1 Å². The van der Waals surface area contributed by atoms with Crippen LogP contribution >= 0.6 is 11.8 Å². The van der Waals surface area contributed by atoms with Crippen molar-refractivity contribution in [2.24, 2.45) is 0 Å². The van der Waals surface area contributed by atoms with Crippen LogP contribution in [0.1, 0.15) is 5.56 Å². The quantitative estimate of drug-likeness (QED) is 0.213. The fraction of sp³-hybridized carbons (Fsp3) is 0.0417. The van der Waals surface area contributed by atoms with Crippen LogP contribution in [-0.2, 0) is 4.79 Å². The number of nitro benzene ring substituents is 1. The third-order valence-electron chi connectivity index (χ3n) is 5.35. The number of nitriles is 1. The van der Waals surface area contributed by atoms with Crippen molar-refractivity contribution in [3.8, 4) is 11.8 Å². The number of amides is 1. The molecule has 1 amide bonds. The first kappa shape index (κ1) is 22.8. The molecular weight excluding hydrogens is 482 g/mol. The molecule has 176 valence electrons. The maximum Gasteiger partial charge on any atom is 0.270 e. The monoisotopic (exact) mass is 497 g/mol. The van der Waals surface area contributed by atoms with Gasteiger partial charge in [-0.25, -0.2) is 4.57 Å². The molecule has 5 rings (SSSR count). The van der Waals surface area contributed by atoms with E-state index in [2.05, 4.69) is 15.5 Å². The fourth-order valence-corrected chi connectivity index (χ4v) is 4.49. The molecule has 1 N–H and O–H groups in total. The van der Waals surface area contributed by atoms with Gasteiger partial charge in [0, 0.05) is 12.1 Å². The Morgan fingerprint density at radius 3 is 2.58 bits per heavy atom. The average Bonchev–Trinajstić information content (AvgIpc) is 3.32. The first-order valence-electron chi connectivity index (χ1n) is 10.5. The molecule has 2 aromatic heterocycles. The fourth-order valence-electron chi connectivity index (χ4n) is 3.75. The number of carbonyl (C=O) groups is 1. The summed E-state index contributed by atoms with van der Waals surface area (Å²) in [6.45, 7) is 0. The highest BCUT2D eigenvalue weighted by Crippen LogP contribution is 2.25. The van der Waals surface area contributed by atoms with Gasteiger partial charge in [-0.2, -0.15) is 5.26 Å². The molecule has 0 saturated carbocycles. The van der Waals surface area contributed by atoms with E-state index >= 15 is 0 Å². The Bertz CT molecular complexity index is 1760. The molecule has 0 bridgehead atoms. The van der Waals surface area contributed by atoms with Crippen molar-refractivity contribution in [2.75, 3.05) is 11.1 Å². The lowest BCUT2D eigenvalue weighted by Crippen LogP contribution is -2.22. The first-order valence-corrected chi connectivity index (χ1v) is 11.5. The van der Waals surface area contributed by atoms with Crippen molar-refractivity contribution in [1.82, 2.24) is 19.2 Å². The summed E-state index contributed by atoms with van der Waals surface area (Å²) < 4.78 is 3.18. The Labute approximate surface area is 206 Å². The lowest BCUT2D eigenvalue weighted by atomic mass is 10.1. The number of nitrogens with zero attached hydrogens (tertiary/aromatic N) is 6. The predicted molar refractivity (Wildman–Crippen MR) is 133 cm³/mol. The van der Waals surface area contributed by atoms with Gasteiger partial charge in [0.2, 0.25) is 11.7 Å². The summed E-state index contributed by atoms with van der Waals surface area (Å²) >= 11 is 1.10. The van der Waals surface area contributed by atoms with Crippen LogP contribution in [0.2, 0.25) is 0 Å². The maximum absolute atomic E-state index is 13.3. The van der Waals surface area contributed by atoms with Crippen LogP contribution < -0.4 is 10.9 Å².